The molecule has 1 aliphatic rings. The van der Waals surface area contributed by atoms with E-state index in [1.165, 1.54) is 0 Å². The van der Waals surface area contributed by atoms with Crippen LogP contribution in [0.15, 0.2) is 24.3 Å². The molecule has 5 nitrogen and oxygen atoms in total. The van der Waals surface area contributed by atoms with Crippen molar-refractivity contribution in [3.8, 4) is 0 Å². The quantitative estimate of drug-likeness (QED) is 0.912. The summed E-state index contributed by atoms with van der Waals surface area (Å²) in [7, 11) is 0. The molecule has 114 valence electrons. The van der Waals surface area contributed by atoms with Gasteiger partial charge in [-0.1, -0.05) is 18.2 Å². The van der Waals surface area contributed by atoms with E-state index in [0.717, 1.165) is 13.1 Å². The van der Waals surface area contributed by atoms with Crippen molar-refractivity contribution in [2.75, 3.05) is 26.2 Å². The van der Waals surface area contributed by atoms with E-state index in [4.69, 9.17) is 5.11 Å². The Morgan fingerprint density at radius 2 is 1.76 bits per heavy atom. The summed E-state index contributed by atoms with van der Waals surface area (Å²) < 4.78 is 0. The van der Waals surface area contributed by atoms with Crippen LogP contribution in [0.25, 0.3) is 0 Å². The molecule has 1 aromatic rings. The van der Waals surface area contributed by atoms with Gasteiger partial charge in [-0.2, -0.15) is 0 Å². The Hall–Kier alpha value is -1.88. The van der Waals surface area contributed by atoms with Gasteiger partial charge in [0.2, 0.25) is 5.91 Å². The van der Waals surface area contributed by atoms with Crippen LogP contribution in [0.3, 0.4) is 0 Å². The second kappa shape index (κ2) is 6.72. The fourth-order valence-corrected chi connectivity index (χ4v) is 2.65. The third-order valence-electron chi connectivity index (χ3n) is 3.99. The lowest BCUT2D eigenvalue weighted by Crippen LogP contribution is -2.51. The van der Waals surface area contributed by atoms with Crippen LogP contribution in [-0.2, 0) is 11.2 Å². The van der Waals surface area contributed by atoms with Gasteiger partial charge in [-0.15, -0.1) is 0 Å². The minimum atomic E-state index is -0.983. The zero-order valence-electron chi connectivity index (χ0n) is 12.6. The van der Waals surface area contributed by atoms with Crippen molar-refractivity contribution in [2.45, 2.75) is 26.3 Å². The smallest absolute Gasteiger partial charge is 0.335 e. The summed E-state index contributed by atoms with van der Waals surface area (Å²) in [6, 6.07) is 7.20. The van der Waals surface area contributed by atoms with Gasteiger partial charge in [0, 0.05) is 32.2 Å². The fraction of sp³-hybridized carbons (Fsp3) is 0.500. The van der Waals surface area contributed by atoms with Crippen LogP contribution in [0.5, 0.6) is 0 Å². The first-order valence-corrected chi connectivity index (χ1v) is 7.32. The monoisotopic (exact) mass is 290 g/mol. The number of amides is 1. The molecule has 0 bridgehead atoms. The molecule has 1 amide bonds. The Balaban J connectivity index is 1.98. The molecule has 21 heavy (non-hydrogen) atoms. The minimum absolute atomic E-state index is 0.00658. The number of hydrogen-bond acceptors (Lipinski definition) is 3. The Morgan fingerprint density at radius 3 is 2.33 bits per heavy atom. The van der Waals surface area contributed by atoms with E-state index in [-0.39, 0.29) is 17.9 Å². The molecule has 1 heterocycles. The maximum Gasteiger partial charge on any atom is 0.335 e. The molecule has 5 heteroatoms. The Morgan fingerprint density at radius 1 is 1.14 bits per heavy atom. The maximum atomic E-state index is 12.3. The molecule has 0 aromatic heterocycles. The molecule has 0 spiro atoms. The lowest BCUT2D eigenvalue weighted by atomic mass is 10.0. The first-order chi connectivity index (χ1) is 9.99. The number of rotatable bonds is 4. The second-order valence-corrected chi connectivity index (χ2v) is 5.65. The van der Waals surface area contributed by atoms with E-state index < -0.39 is 5.97 Å². The largest absolute Gasteiger partial charge is 0.478 e. The highest BCUT2D eigenvalue weighted by Gasteiger charge is 2.23. The number of carbonyl (C=O) groups excluding carboxylic acids is 1. The second-order valence-electron chi connectivity index (χ2n) is 5.65. The van der Waals surface area contributed by atoms with Crippen LogP contribution >= 0.6 is 0 Å². The van der Waals surface area contributed by atoms with Crippen molar-refractivity contribution in [1.29, 1.82) is 0 Å². The number of nitrogens with zero attached hydrogens (tertiary/aromatic N) is 2. The van der Waals surface area contributed by atoms with Crippen LogP contribution < -0.4 is 0 Å². The van der Waals surface area contributed by atoms with Gasteiger partial charge < -0.3 is 10.0 Å². The highest BCUT2D eigenvalue weighted by atomic mass is 16.4. The van der Waals surface area contributed by atoms with Gasteiger partial charge >= 0.3 is 5.97 Å². The van der Waals surface area contributed by atoms with Crippen LogP contribution in [-0.4, -0.2) is 59.0 Å². The Kier molecular flexibility index (Phi) is 4.96. The van der Waals surface area contributed by atoms with E-state index in [0.29, 0.717) is 24.7 Å². The van der Waals surface area contributed by atoms with Gasteiger partial charge in [0.1, 0.15) is 0 Å². The minimum Gasteiger partial charge on any atom is -0.478 e. The predicted octanol–water partition coefficient (Wildman–Crippen LogP) is 1.48. The number of hydrogen-bond donors (Lipinski definition) is 1. The van der Waals surface area contributed by atoms with E-state index in [1.54, 1.807) is 24.3 Å². The van der Waals surface area contributed by atoms with E-state index in [2.05, 4.69) is 18.7 Å². The lowest BCUT2D eigenvalue weighted by Gasteiger charge is -2.37. The number of carboxylic acids is 1. The number of benzene rings is 1. The summed E-state index contributed by atoms with van der Waals surface area (Å²) in [6.45, 7) is 7.49. The van der Waals surface area contributed by atoms with Crippen molar-refractivity contribution in [1.82, 2.24) is 9.80 Å². The number of aromatic carboxylic acids is 1. The van der Waals surface area contributed by atoms with Gasteiger partial charge in [0.25, 0.3) is 0 Å². The van der Waals surface area contributed by atoms with Gasteiger partial charge in [-0.3, -0.25) is 9.69 Å². The van der Waals surface area contributed by atoms with Crippen molar-refractivity contribution in [3.05, 3.63) is 35.4 Å². The van der Waals surface area contributed by atoms with Gasteiger partial charge in [0.05, 0.1) is 12.0 Å². The standard InChI is InChI=1S/C16H22N2O3/c1-12(2)17-7-9-18(10-8-17)15(19)11-13-5-3-4-6-14(13)16(20)21/h3-6,12H,7-11H2,1-2H3,(H,20,21). The normalized spacial score (nSPS) is 16.2. The topological polar surface area (TPSA) is 60.9 Å². The van der Waals surface area contributed by atoms with Gasteiger partial charge in [-0.25, -0.2) is 4.79 Å². The number of carboxylic acid groups (broad SMARTS) is 1. The average molecular weight is 290 g/mol. The average Bonchev–Trinajstić information content (AvgIpc) is 2.47. The van der Waals surface area contributed by atoms with Gasteiger partial charge in [0.15, 0.2) is 0 Å². The molecule has 0 radical (unpaired) electrons. The summed E-state index contributed by atoms with van der Waals surface area (Å²) in [5, 5.41) is 9.15. The van der Waals surface area contributed by atoms with E-state index in [1.807, 2.05) is 4.90 Å². The first kappa shape index (κ1) is 15.5. The SMILES string of the molecule is CC(C)N1CCN(C(=O)Cc2ccccc2C(=O)O)CC1. The zero-order chi connectivity index (χ0) is 15.4. The fourth-order valence-electron chi connectivity index (χ4n) is 2.65. The summed E-state index contributed by atoms with van der Waals surface area (Å²) in [6.07, 6.45) is 0.157. The van der Waals surface area contributed by atoms with Crippen molar-refractivity contribution < 1.29 is 14.7 Å². The summed E-state index contributed by atoms with van der Waals surface area (Å²) in [5.41, 5.74) is 0.799. The highest BCUT2D eigenvalue weighted by Crippen LogP contribution is 2.13. The molecule has 0 unspecified atom stereocenters. The van der Waals surface area contributed by atoms with Crippen LogP contribution in [0.1, 0.15) is 29.8 Å². The number of carbonyl (C=O) groups is 2. The van der Waals surface area contributed by atoms with Gasteiger partial charge in [-0.05, 0) is 25.5 Å². The molecule has 0 atom stereocenters. The number of piperazine rings is 1. The zero-order valence-corrected chi connectivity index (χ0v) is 12.6. The maximum absolute atomic E-state index is 12.3. The van der Waals surface area contributed by atoms with E-state index >= 15 is 0 Å². The summed E-state index contributed by atoms with van der Waals surface area (Å²) in [5.74, 6) is -0.977. The molecule has 1 fully saturated rings. The van der Waals surface area contributed by atoms with Crippen LogP contribution in [0.2, 0.25) is 0 Å². The van der Waals surface area contributed by atoms with Crippen molar-refractivity contribution in [2.24, 2.45) is 0 Å². The predicted molar refractivity (Wildman–Crippen MR) is 80.4 cm³/mol. The third kappa shape index (κ3) is 3.82. The molecule has 1 aliphatic heterocycles. The van der Waals surface area contributed by atoms with E-state index in [9.17, 15) is 9.59 Å². The molecule has 2 rings (SSSR count). The van der Waals surface area contributed by atoms with Crippen molar-refractivity contribution >= 4 is 11.9 Å². The molecular weight excluding hydrogens is 268 g/mol. The lowest BCUT2D eigenvalue weighted by molar-refractivity contribution is -0.132. The van der Waals surface area contributed by atoms with Crippen LogP contribution in [0, 0.1) is 0 Å². The van der Waals surface area contributed by atoms with Crippen molar-refractivity contribution in [3.63, 3.8) is 0 Å². The Labute approximate surface area is 125 Å². The summed E-state index contributed by atoms with van der Waals surface area (Å²) in [4.78, 5) is 27.7. The van der Waals surface area contributed by atoms with Crippen LogP contribution in [0.4, 0.5) is 0 Å². The first-order valence-electron chi connectivity index (χ1n) is 7.32. The highest BCUT2D eigenvalue weighted by molar-refractivity contribution is 5.91. The molecule has 1 aromatic carbocycles. The molecule has 1 saturated heterocycles. The third-order valence-corrected chi connectivity index (χ3v) is 3.99. The molecular formula is C16H22N2O3. The molecule has 0 aliphatic carbocycles. The molecule has 0 saturated carbocycles. The molecule has 1 N–H and O–H groups in total. The summed E-state index contributed by atoms with van der Waals surface area (Å²) >= 11 is 0. The Bertz CT molecular complexity index is 520.